The van der Waals surface area contributed by atoms with E-state index in [-0.39, 0.29) is 35.6 Å². The molecule has 1 fully saturated rings. The molecule has 2 aliphatic rings. The zero-order chi connectivity index (χ0) is 31.0. The van der Waals surface area contributed by atoms with Crippen LogP contribution in [-0.4, -0.2) is 63.3 Å². The van der Waals surface area contributed by atoms with E-state index < -0.39 is 29.7 Å². The summed E-state index contributed by atoms with van der Waals surface area (Å²) in [5.74, 6) is -2.57. The standard InChI is InChI=1S/C31H26Cl2N6O5/c32-18-10-9-17(21(33)15-18)16-38-23-8-2-1-5-19(23)27(37-38)29(42)35-14-4-13-34-22-7-3-6-20-26(22)31(44)39(30(20)43)24-11-12-25(40)36-28(24)41/h1-3,5-10,15,24,34H,4,11-14,16H2,(H,35,42)(H,36,40,41). The van der Waals surface area contributed by atoms with E-state index in [2.05, 4.69) is 21.0 Å². The molecule has 3 aromatic carbocycles. The van der Waals surface area contributed by atoms with Gasteiger partial charge in [-0.25, -0.2) is 0 Å². The maximum atomic E-state index is 13.3. The minimum absolute atomic E-state index is 0.0490. The smallest absolute Gasteiger partial charge is 0.272 e. The summed E-state index contributed by atoms with van der Waals surface area (Å²) in [6.45, 7) is 1.07. The highest BCUT2D eigenvalue weighted by Crippen LogP contribution is 2.32. The highest BCUT2D eigenvalue weighted by atomic mass is 35.5. The van der Waals surface area contributed by atoms with Gasteiger partial charge in [0.2, 0.25) is 11.8 Å². The van der Waals surface area contributed by atoms with Crippen LogP contribution in [0.1, 0.15) is 56.0 Å². The lowest BCUT2D eigenvalue weighted by molar-refractivity contribution is -0.136. The van der Waals surface area contributed by atoms with Gasteiger partial charge in [0.1, 0.15) is 6.04 Å². The summed E-state index contributed by atoms with van der Waals surface area (Å²) < 4.78 is 1.73. The second-order valence-electron chi connectivity index (χ2n) is 10.5. The molecule has 0 bridgehead atoms. The summed E-state index contributed by atoms with van der Waals surface area (Å²) in [5, 5.41) is 14.6. The third-order valence-electron chi connectivity index (χ3n) is 7.63. The molecule has 224 valence electrons. The molecule has 1 atom stereocenters. The number of halogens is 2. The topological polar surface area (TPSA) is 142 Å². The fraction of sp³-hybridized carbons (Fsp3) is 0.226. The van der Waals surface area contributed by atoms with E-state index in [1.54, 1.807) is 28.9 Å². The van der Waals surface area contributed by atoms with Crippen LogP contribution >= 0.6 is 23.2 Å². The van der Waals surface area contributed by atoms with Crippen molar-refractivity contribution in [2.24, 2.45) is 0 Å². The van der Waals surface area contributed by atoms with Gasteiger partial charge >= 0.3 is 0 Å². The van der Waals surface area contributed by atoms with Crippen LogP contribution < -0.4 is 16.0 Å². The maximum absolute atomic E-state index is 13.3. The van der Waals surface area contributed by atoms with Crippen LogP contribution in [0.5, 0.6) is 0 Å². The second kappa shape index (κ2) is 12.1. The molecule has 11 nitrogen and oxygen atoms in total. The Hall–Kier alpha value is -4.74. The van der Waals surface area contributed by atoms with Gasteiger partial charge in [-0.05, 0) is 48.7 Å². The Labute approximate surface area is 261 Å². The second-order valence-corrected chi connectivity index (χ2v) is 11.3. The van der Waals surface area contributed by atoms with Gasteiger partial charge in [0.15, 0.2) is 5.69 Å². The molecule has 0 aliphatic carbocycles. The Balaban J connectivity index is 1.08. The first-order valence-electron chi connectivity index (χ1n) is 14.0. The molecule has 3 heterocycles. The summed E-state index contributed by atoms with van der Waals surface area (Å²) in [4.78, 5) is 64.3. The highest BCUT2D eigenvalue weighted by Gasteiger charge is 2.45. The Morgan fingerprint density at radius 2 is 1.80 bits per heavy atom. The lowest BCUT2D eigenvalue weighted by atomic mass is 10.0. The van der Waals surface area contributed by atoms with Crippen LogP contribution in [0.3, 0.4) is 0 Å². The van der Waals surface area contributed by atoms with Gasteiger partial charge in [-0.15, -0.1) is 0 Å². The molecule has 2 aliphatic heterocycles. The van der Waals surface area contributed by atoms with Gasteiger partial charge in [0.25, 0.3) is 17.7 Å². The zero-order valence-corrected chi connectivity index (χ0v) is 24.7. The molecular weight excluding hydrogens is 607 g/mol. The van der Waals surface area contributed by atoms with Crippen LogP contribution in [0, 0.1) is 0 Å². The van der Waals surface area contributed by atoms with Crippen LogP contribution in [0.4, 0.5) is 5.69 Å². The third-order valence-corrected chi connectivity index (χ3v) is 8.22. The van der Waals surface area contributed by atoms with E-state index in [4.69, 9.17) is 23.2 Å². The van der Waals surface area contributed by atoms with Crippen molar-refractivity contribution in [3.8, 4) is 0 Å². The predicted octanol–water partition coefficient (Wildman–Crippen LogP) is 4.02. The van der Waals surface area contributed by atoms with E-state index in [9.17, 15) is 24.0 Å². The Morgan fingerprint density at radius 1 is 0.977 bits per heavy atom. The summed E-state index contributed by atoms with van der Waals surface area (Å²) in [6.07, 6.45) is 0.641. The summed E-state index contributed by atoms with van der Waals surface area (Å²) in [6, 6.07) is 16.5. The van der Waals surface area contributed by atoms with E-state index in [1.807, 2.05) is 30.3 Å². The number of carbonyl (C=O) groups is 5. The van der Waals surface area contributed by atoms with Gasteiger partial charge in [-0.2, -0.15) is 5.10 Å². The Bertz CT molecular complexity index is 1850. The third kappa shape index (κ3) is 5.51. The molecular formula is C31H26Cl2N6O5. The van der Waals surface area contributed by atoms with Crippen molar-refractivity contribution >= 4 is 69.3 Å². The van der Waals surface area contributed by atoms with Crippen LogP contribution in [-0.2, 0) is 16.1 Å². The lowest BCUT2D eigenvalue weighted by Gasteiger charge is -2.27. The number of carbonyl (C=O) groups excluding carboxylic acids is 5. The number of benzene rings is 3. The van der Waals surface area contributed by atoms with Crippen molar-refractivity contribution in [1.29, 1.82) is 0 Å². The average molecular weight is 633 g/mol. The van der Waals surface area contributed by atoms with Crippen molar-refractivity contribution in [1.82, 2.24) is 25.3 Å². The SMILES string of the molecule is O=C1CCC(N2C(=O)c3cccc(NCCCNC(=O)c4nn(Cc5ccc(Cl)cc5Cl)c5ccccc45)c3C2=O)C(=O)N1. The lowest BCUT2D eigenvalue weighted by Crippen LogP contribution is -2.54. The summed E-state index contributed by atoms with van der Waals surface area (Å²) in [5.41, 5.74) is 2.72. The number of amides is 5. The van der Waals surface area contributed by atoms with Gasteiger partial charge in [0, 0.05) is 40.6 Å². The van der Waals surface area contributed by atoms with Crippen LogP contribution in [0.25, 0.3) is 10.9 Å². The minimum atomic E-state index is -1.04. The number of piperidine rings is 1. The van der Waals surface area contributed by atoms with Crippen molar-refractivity contribution in [3.05, 3.63) is 93.1 Å². The van der Waals surface area contributed by atoms with Crippen molar-refractivity contribution < 1.29 is 24.0 Å². The Morgan fingerprint density at radius 3 is 2.59 bits per heavy atom. The monoisotopic (exact) mass is 632 g/mol. The molecule has 0 radical (unpaired) electrons. The number of para-hydroxylation sites is 1. The molecule has 6 rings (SSSR count). The highest BCUT2D eigenvalue weighted by molar-refractivity contribution is 6.35. The number of imide groups is 2. The molecule has 1 saturated heterocycles. The average Bonchev–Trinajstić information content (AvgIpc) is 3.49. The zero-order valence-electron chi connectivity index (χ0n) is 23.2. The first kappa shape index (κ1) is 29.3. The number of nitrogens with zero attached hydrogens (tertiary/aromatic N) is 3. The molecule has 13 heteroatoms. The fourth-order valence-electron chi connectivity index (χ4n) is 5.49. The van der Waals surface area contributed by atoms with Gasteiger partial charge in [-0.3, -0.25) is 38.9 Å². The molecule has 1 aromatic heterocycles. The molecule has 44 heavy (non-hydrogen) atoms. The molecule has 5 amide bonds. The van der Waals surface area contributed by atoms with Gasteiger partial charge in [0.05, 0.1) is 23.2 Å². The summed E-state index contributed by atoms with van der Waals surface area (Å²) >= 11 is 12.4. The van der Waals surface area contributed by atoms with Gasteiger partial charge < -0.3 is 10.6 Å². The van der Waals surface area contributed by atoms with Gasteiger partial charge in [-0.1, -0.05) is 53.5 Å². The molecule has 0 saturated carbocycles. The quantitative estimate of drug-likeness (QED) is 0.187. The van der Waals surface area contributed by atoms with Crippen molar-refractivity contribution in [2.75, 3.05) is 18.4 Å². The molecule has 3 N–H and O–H groups in total. The van der Waals surface area contributed by atoms with E-state index in [0.29, 0.717) is 47.2 Å². The minimum Gasteiger partial charge on any atom is -0.384 e. The molecule has 1 unspecified atom stereocenters. The van der Waals surface area contributed by atoms with E-state index >= 15 is 0 Å². The van der Waals surface area contributed by atoms with Crippen molar-refractivity contribution in [2.45, 2.75) is 31.8 Å². The molecule has 0 spiro atoms. The number of fused-ring (bicyclic) bond motifs is 2. The number of anilines is 1. The first-order valence-corrected chi connectivity index (χ1v) is 14.7. The maximum Gasteiger partial charge on any atom is 0.272 e. The number of aromatic nitrogens is 2. The number of hydrogen-bond acceptors (Lipinski definition) is 7. The molecule has 4 aromatic rings. The number of hydrogen-bond donors (Lipinski definition) is 3. The van der Waals surface area contributed by atoms with Crippen LogP contribution in [0.2, 0.25) is 10.0 Å². The van der Waals surface area contributed by atoms with Crippen molar-refractivity contribution in [3.63, 3.8) is 0 Å². The van der Waals surface area contributed by atoms with E-state index in [1.165, 1.54) is 6.07 Å². The summed E-state index contributed by atoms with van der Waals surface area (Å²) in [7, 11) is 0. The first-order chi connectivity index (χ1) is 21.2. The largest absolute Gasteiger partial charge is 0.384 e. The predicted molar refractivity (Wildman–Crippen MR) is 164 cm³/mol. The van der Waals surface area contributed by atoms with Crippen LogP contribution in [0.15, 0.2) is 60.7 Å². The normalized spacial score (nSPS) is 16.3. The number of nitrogens with one attached hydrogen (secondary N) is 3. The Kier molecular flexibility index (Phi) is 8.07. The fourth-order valence-corrected chi connectivity index (χ4v) is 5.95. The van der Waals surface area contributed by atoms with E-state index in [0.717, 1.165) is 16.0 Å². The number of rotatable bonds is 9.